The van der Waals surface area contributed by atoms with Crippen LogP contribution < -0.4 is 10.2 Å². The van der Waals surface area contributed by atoms with Gasteiger partial charge in [-0.05, 0) is 51.8 Å². The van der Waals surface area contributed by atoms with Crippen molar-refractivity contribution < 1.29 is 0 Å². The van der Waals surface area contributed by atoms with Gasteiger partial charge in [0.15, 0.2) is 0 Å². The monoisotopic (exact) mass is 234 g/mol. The fraction of sp³-hybridized carbons (Fsp3) is 0.692. The average Bonchev–Trinajstić information content (AvgIpc) is 2.37. The van der Waals surface area contributed by atoms with E-state index in [2.05, 4.69) is 27.1 Å². The first-order valence-electron chi connectivity index (χ1n) is 6.55. The fourth-order valence-electron chi connectivity index (χ4n) is 2.33. The Labute approximate surface area is 103 Å². The van der Waals surface area contributed by atoms with E-state index in [1.807, 2.05) is 19.2 Å². The van der Waals surface area contributed by atoms with Crippen molar-refractivity contribution in [2.45, 2.75) is 26.7 Å². The third kappa shape index (κ3) is 3.40. The minimum atomic E-state index is 0.729. The number of aryl methyl sites for hydroxylation is 1. The topological polar surface area (TPSA) is 41.0 Å². The molecule has 17 heavy (non-hydrogen) atoms. The van der Waals surface area contributed by atoms with Crippen LogP contribution in [-0.2, 0) is 0 Å². The maximum Gasteiger partial charge on any atom is 0.225 e. The van der Waals surface area contributed by atoms with E-state index in [0.29, 0.717) is 0 Å². The highest BCUT2D eigenvalue weighted by atomic mass is 15.2. The fourth-order valence-corrected chi connectivity index (χ4v) is 2.33. The predicted octanol–water partition coefficient (Wildman–Crippen LogP) is 1.61. The second-order valence-corrected chi connectivity index (χ2v) is 4.75. The molecule has 1 aliphatic rings. The van der Waals surface area contributed by atoms with E-state index in [-0.39, 0.29) is 0 Å². The molecule has 1 atom stereocenters. The van der Waals surface area contributed by atoms with Crippen LogP contribution in [-0.4, -0.2) is 36.1 Å². The predicted molar refractivity (Wildman–Crippen MR) is 70.2 cm³/mol. The highest BCUT2D eigenvalue weighted by Crippen LogP contribution is 2.15. The summed E-state index contributed by atoms with van der Waals surface area (Å²) in [6.07, 6.45) is 4.45. The molecule has 1 unspecified atom stereocenters. The maximum absolute atomic E-state index is 4.50. The largest absolute Gasteiger partial charge is 0.341 e. The Morgan fingerprint density at radius 1 is 1.53 bits per heavy atom. The molecule has 0 aromatic carbocycles. The number of nitrogens with one attached hydrogen (secondary N) is 1. The number of rotatable bonds is 4. The lowest BCUT2D eigenvalue weighted by Crippen LogP contribution is -2.39. The maximum atomic E-state index is 4.50. The molecule has 0 spiro atoms. The zero-order valence-corrected chi connectivity index (χ0v) is 10.8. The molecule has 0 bridgehead atoms. The Bertz CT molecular complexity index is 347. The lowest BCUT2D eigenvalue weighted by molar-refractivity contribution is 0.376. The van der Waals surface area contributed by atoms with E-state index in [4.69, 9.17) is 0 Å². The number of nitrogens with zero attached hydrogens (tertiary/aromatic N) is 3. The summed E-state index contributed by atoms with van der Waals surface area (Å²) in [5.74, 6) is 1.60. The van der Waals surface area contributed by atoms with E-state index in [9.17, 15) is 0 Å². The molecular weight excluding hydrogens is 212 g/mol. The van der Waals surface area contributed by atoms with Crippen LogP contribution in [0, 0.1) is 12.8 Å². The van der Waals surface area contributed by atoms with Gasteiger partial charge in [-0.25, -0.2) is 9.97 Å². The van der Waals surface area contributed by atoms with Crippen LogP contribution in [0.25, 0.3) is 0 Å². The zero-order valence-electron chi connectivity index (χ0n) is 10.8. The molecule has 94 valence electrons. The third-order valence-electron chi connectivity index (χ3n) is 3.32. The highest BCUT2D eigenvalue weighted by Gasteiger charge is 2.17. The lowest BCUT2D eigenvalue weighted by Gasteiger charge is -2.29. The summed E-state index contributed by atoms with van der Waals surface area (Å²) < 4.78 is 0. The molecule has 0 radical (unpaired) electrons. The van der Waals surface area contributed by atoms with Crippen LogP contribution in [0.15, 0.2) is 12.3 Å². The van der Waals surface area contributed by atoms with Crippen LogP contribution >= 0.6 is 0 Å². The van der Waals surface area contributed by atoms with Gasteiger partial charge in [-0.3, -0.25) is 0 Å². The van der Waals surface area contributed by atoms with Crippen molar-refractivity contribution >= 4 is 5.95 Å². The first-order chi connectivity index (χ1) is 8.29. The van der Waals surface area contributed by atoms with Crippen molar-refractivity contribution in [1.29, 1.82) is 0 Å². The van der Waals surface area contributed by atoms with Gasteiger partial charge in [0.2, 0.25) is 5.95 Å². The van der Waals surface area contributed by atoms with Crippen molar-refractivity contribution in [1.82, 2.24) is 15.3 Å². The van der Waals surface area contributed by atoms with Crippen LogP contribution in [0.3, 0.4) is 0 Å². The molecule has 4 nitrogen and oxygen atoms in total. The molecule has 1 aliphatic heterocycles. The molecule has 0 saturated carbocycles. The Morgan fingerprint density at radius 3 is 3.06 bits per heavy atom. The van der Waals surface area contributed by atoms with E-state index in [1.54, 1.807) is 0 Å². The normalized spacial score (nSPS) is 20.2. The summed E-state index contributed by atoms with van der Waals surface area (Å²) in [5.41, 5.74) is 1.04. The summed E-state index contributed by atoms with van der Waals surface area (Å²) in [6.45, 7) is 8.52. The molecule has 4 heteroatoms. The Morgan fingerprint density at radius 2 is 2.41 bits per heavy atom. The summed E-state index contributed by atoms with van der Waals surface area (Å²) >= 11 is 0. The SMILES string of the molecule is CCN(CC1CCCNC1)c1nccc(C)n1. The number of piperidine rings is 1. The first-order valence-corrected chi connectivity index (χ1v) is 6.55. The third-order valence-corrected chi connectivity index (χ3v) is 3.32. The molecule has 1 aromatic rings. The number of aromatic nitrogens is 2. The van der Waals surface area contributed by atoms with E-state index < -0.39 is 0 Å². The smallest absolute Gasteiger partial charge is 0.225 e. The standard InChI is InChI=1S/C13H22N4/c1-3-17(10-12-5-4-7-14-9-12)13-15-8-6-11(2)16-13/h6,8,12,14H,3-5,7,9-10H2,1-2H3. The van der Waals surface area contributed by atoms with Crippen LogP contribution in [0.5, 0.6) is 0 Å². The van der Waals surface area contributed by atoms with Gasteiger partial charge in [-0.2, -0.15) is 0 Å². The van der Waals surface area contributed by atoms with Gasteiger partial charge < -0.3 is 10.2 Å². The molecule has 0 aliphatic carbocycles. The Kier molecular flexibility index (Phi) is 4.31. The average molecular weight is 234 g/mol. The van der Waals surface area contributed by atoms with E-state index in [1.165, 1.54) is 19.4 Å². The van der Waals surface area contributed by atoms with Crippen LogP contribution in [0.4, 0.5) is 5.95 Å². The number of hydrogen-bond acceptors (Lipinski definition) is 4. The molecule has 1 aromatic heterocycles. The van der Waals surface area contributed by atoms with Gasteiger partial charge in [0.1, 0.15) is 0 Å². The Hall–Kier alpha value is -1.16. The minimum absolute atomic E-state index is 0.729. The van der Waals surface area contributed by atoms with Gasteiger partial charge in [0, 0.05) is 25.0 Å². The van der Waals surface area contributed by atoms with Gasteiger partial charge in [-0.1, -0.05) is 0 Å². The van der Waals surface area contributed by atoms with Crippen molar-refractivity contribution in [3.63, 3.8) is 0 Å². The van der Waals surface area contributed by atoms with Crippen LogP contribution in [0.2, 0.25) is 0 Å². The minimum Gasteiger partial charge on any atom is -0.341 e. The molecule has 1 saturated heterocycles. The van der Waals surface area contributed by atoms with E-state index in [0.717, 1.165) is 37.2 Å². The van der Waals surface area contributed by atoms with Gasteiger partial charge in [0.25, 0.3) is 0 Å². The first kappa shape index (κ1) is 12.3. The molecule has 1 fully saturated rings. The molecule has 1 N–H and O–H groups in total. The van der Waals surface area contributed by atoms with Crippen LogP contribution in [0.1, 0.15) is 25.5 Å². The zero-order chi connectivity index (χ0) is 12.1. The second kappa shape index (κ2) is 5.96. The lowest BCUT2D eigenvalue weighted by atomic mass is 9.99. The molecular formula is C13H22N4. The quantitative estimate of drug-likeness (QED) is 0.859. The summed E-state index contributed by atoms with van der Waals surface area (Å²) in [6, 6.07) is 1.94. The number of anilines is 1. The molecule has 2 rings (SSSR count). The number of hydrogen-bond donors (Lipinski definition) is 1. The molecule has 0 amide bonds. The summed E-state index contributed by atoms with van der Waals surface area (Å²) in [7, 11) is 0. The summed E-state index contributed by atoms with van der Waals surface area (Å²) in [5, 5.41) is 3.46. The van der Waals surface area contributed by atoms with Gasteiger partial charge in [-0.15, -0.1) is 0 Å². The van der Waals surface area contributed by atoms with Gasteiger partial charge in [0.05, 0.1) is 0 Å². The van der Waals surface area contributed by atoms with Gasteiger partial charge >= 0.3 is 0 Å². The van der Waals surface area contributed by atoms with E-state index >= 15 is 0 Å². The van der Waals surface area contributed by atoms with Crippen molar-refractivity contribution in [3.05, 3.63) is 18.0 Å². The van der Waals surface area contributed by atoms with Crippen molar-refractivity contribution in [2.75, 3.05) is 31.1 Å². The second-order valence-electron chi connectivity index (χ2n) is 4.75. The van der Waals surface area contributed by atoms with Crippen molar-refractivity contribution in [2.24, 2.45) is 5.92 Å². The molecule has 2 heterocycles. The summed E-state index contributed by atoms with van der Waals surface area (Å²) in [4.78, 5) is 11.2. The highest BCUT2D eigenvalue weighted by molar-refractivity contribution is 5.29. The van der Waals surface area contributed by atoms with Crippen molar-refractivity contribution in [3.8, 4) is 0 Å². The Balaban J connectivity index is 2.00.